The van der Waals surface area contributed by atoms with Gasteiger partial charge in [0, 0.05) is 7.05 Å². The molecule has 0 radical (unpaired) electrons. The standard InChI is InChI=1S/C8H16N2O2/c1-8(2,3)12-7(11)5-6(9)10-4/h5H2,1-4H3,(H2,9,10). The van der Waals surface area contributed by atoms with Gasteiger partial charge in [-0.1, -0.05) is 0 Å². The molecule has 0 amide bonds. The zero-order chi connectivity index (χ0) is 9.78. The number of aliphatic imine (C=N–C) groups is 1. The Morgan fingerprint density at radius 3 is 2.33 bits per heavy atom. The van der Waals surface area contributed by atoms with Gasteiger partial charge in [0.2, 0.25) is 0 Å². The van der Waals surface area contributed by atoms with Crippen molar-refractivity contribution in [3.8, 4) is 0 Å². The third kappa shape index (κ3) is 5.70. The molecule has 0 fully saturated rings. The Balaban J connectivity index is 3.92. The minimum Gasteiger partial charge on any atom is -0.460 e. The van der Waals surface area contributed by atoms with Crippen LogP contribution in [-0.4, -0.2) is 24.5 Å². The lowest BCUT2D eigenvalue weighted by molar-refractivity contribution is -0.153. The number of nitrogens with two attached hydrogens (primary N) is 1. The van der Waals surface area contributed by atoms with E-state index in [1.54, 1.807) is 7.05 Å². The first-order valence-electron chi connectivity index (χ1n) is 3.78. The van der Waals surface area contributed by atoms with Gasteiger partial charge >= 0.3 is 5.97 Å². The number of carbonyl (C=O) groups excluding carboxylic acids is 1. The number of hydrogen-bond donors (Lipinski definition) is 1. The minimum atomic E-state index is -0.453. The first-order chi connectivity index (χ1) is 5.35. The summed E-state index contributed by atoms with van der Waals surface area (Å²) in [5.41, 5.74) is 4.89. The predicted molar refractivity (Wildman–Crippen MR) is 48.0 cm³/mol. The smallest absolute Gasteiger partial charge is 0.313 e. The Morgan fingerprint density at radius 1 is 1.50 bits per heavy atom. The van der Waals surface area contributed by atoms with Crippen molar-refractivity contribution >= 4 is 11.8 Å². The van der Waals surface area contributed by atoms with Crippen molar-refractivity contribution in [2.24, 2.45) is 10.7 Å². The van der Waals surface area contributed by atoms with E-state index in [2.05, 4.69) is 4.99 Å². The fourth-order valence-corrected chi connectivity index (χ4v) is 0.605. The second-order valence-corrected chi connectivity index (χ2v) is 3.48. The van der Waals surface area contributed by atoms with Gasteiger partial charge in [0.15, 0.2) is 0 Å². The molecule has 0 aromatic rings. The fourth-order valence-electron chi connectivity index (χ4n) is 0.605. The zero-order valence-electron chi connectivity index (χ0n) is 8.05. The second kappa shape index (κ2) is 4.09. The van der Waals surface area contributed by atoms with Gasteiger partial charge < -0.3 is 10.5 Å². The maximum atomic E-state index is 11.0. The van der Waals surface area contributed by atoms with E-state index in [1.165, 1.54) is 0 Å². The van der Waals surface area contributed by atoms with Gasteiger partial charge in [-0.15, -0.1) is 0 Å². The minimum absolute atomic E-state index is 0.0633. The van der Waals surface area contributed by atoms with Crippen LogP contribution in [0.1, 0.15) is 27.2 Å². The van der Waals surface area contributed by atoms with Crippen LogP contribution in [0.15, 0.2) is 4.99 Å². The maximum Gasteiger partial charge on any atom is 0.313 e. The normalized spacial score (nSPS) is 12.8. The molecule has 0 aliphatic carbocycles. The number of carbonyl (C=O) groups is 1. The van der Waals surface area contributed by atoms with Crippen molar-refractivity contribution in [1.82, 2.24) is 0 Å². The van der Waals surface area contributed by atoms with Crippen LogP contribution in [0.4, 0.5) is 0 Å². The molecule has 0 aromatic heterocycles. The van der Waals surface area contributed by atoms with Crippen LogP contribution >= 0.6 is 0 Å². The molecule has 0 saturated heterocycles. The molecule has 0 unspecified atom stereocenters. The number of hydrogen-bond acceptors (Lipinski definition) is 3. The molecule has 70 valence electrons. The molecule has 0 saturated carbocycles. The summed E-state index contributed by atoms with van der Waals surface area (Å²) in [5.74, 6) is -0.0464. The molecule has 0 aromatic carbocycles. The van der Waals surface area contributed by atoms with Crippen LogP contribution in [0.2, 0.25) is 0 Å². The highest BCUT2D eigenvalue weighted by molar-refractivity contribution is 5.96. The molecule has 4 nitrogen and oxygen atoms in total. The highest BCUT2D eigenvalue weighted by atomic mass is 16.6. The van der Waals surface area contributed by atoms with Crippen LogP contribution in [0.3, 0.4) is 0 Å². The Kier molecular flexibility index (Phi) is 3.73. The summed E-state index contributed by atoms with van der Waals surface area (Å²) in [7, 11) is 1.54. The summed E-state index contributed by atoms with van der Waals surface area (Å²) in [4.78, 5) is 14.7. The summed E-state index contributed by atoms with van der Waals surface area (Å²) in [5, 5.41) is 0. The number of nitrogens with zero attached hydrogens (tertiary/aromatic N) is 1. The van der Waals surface area contributed by atoms with E-state index >= 15 is 0 Å². The Hall–Kier alpha value is -1.06. The van der Waals surface area contributed by atoms with Crippen molar-refractivity contribution in [2.45, 2.75) is 32.8 Å². The van der Waals surface area contributed by atoms with Gasteiger partial charge in [-0.05, 0) is 20.8 Å². The largest absolute Gasteiger partial charge is 0.460 e. The quantitative estimate of drug-likeness (QED) is 0.379. The van der Waals surface area contributed by atoms with Gasteiger partial charge in [-0.3, -0.25) is 9.79 Å². The molecule has 0 rings (SSSR count). The lowest BCUT2D eigenvalue weighted by atomic mass is 10.2. The summed E-state index contributed by atoms with van der Waals surface area (Å²) >= 11 is 0. The maximum absolute atomic E-state index is 11.0. The van der Waals surface area contributed by atoms with Gasteiger partial charge in [0.25, 0.3) is 0 Å². The van der Waals surface area contributed by atoms with Gasteiger partial charge in [-0.25, -0.2) is 0 Å². The molecule has 2 N–H and O–H groups in total. The van der Waals surface area contributed by atoms with E-state index < -0.39 is 5.60 Å². The molecular weight excluding hydrogens is 156 g/mol. The lowest BCUT2D eigenvalue weighted by Gasteiger charge is -2.19. The van der Waals surface area contributed by atoms with Crippen molar-refractivity contribution < 1.29 is 9.53 Å². The van der Waals surface area contributed by atoms with E-state index in [1.807, 2.05) is 20.8 Å². The highest BCUT2D eigenvalue weighted by Gasteiger charge is 2.16. The van der Waals surface area contributed by atoms with Crippen LogP contribution < -0.4 is 5.73 Å². The number of ether oxygens (including phenoxy) is 1. The van der Waals surface area contributed by atoms with Crippen molar-refractivity contribution in [3.63, 3.8) is 0 Å². The first kappa shape index (κ1) is 10.9. The van der Waals surface area contributed by atoms with E-state index in [-0.39, 0.29) is 12.4 Å². The molecule has 0 heterocycles. The SMILES string of the molecule is CN=C(N)CC(=O)OC(C)(C)C. The zero-order valence-corrected chi connectivity index (χ0v) is 8.05. The Labute approximate surface area is 72.8 Å². The topological polar surface area (TPSA) is 64.7 Å². The molecular formula is C8H16N2O2. The number of rotatable bonds is 2. The monoisotopic (exact) mass is 172 g/mol. The van der Waals surface area contributed by atoms with Gasteiger partial charge in [0.05, 0.1) is 0 Å². The van der Waals surface area contributed by atoms with E-state index in [0.717, 1.165) is 0 Å². The van der Waals surface area contributed by atoms with Crippen molar-refractivity contribution in [3.05, 3.63) is 0 Å². The highest BCUT2D eigenvalue weighted by Crippen LogP contribution is 2.07. The van der Waals surface area contributed by atoms with E-state index in [4.69, 9.17) is 10.5 Å². The van der Waals surface area contributed by atoms with Crippen LogP contribution in [0, 0.1) is 0 Å². The van der Waals surface area contributed by atoms with Crippen LogP contribution in [0.5, 0.6) is 0 Å². The summed E-state index contributed by atoms with van der Waals surface area (Å²) in [6.45, 7) is 5.43. The van der Waals surface area contributed by atoms with Gasteiger partial charge in [-0.2, -0.15) is 0 Å². The third-order valence-corrected chi connectivity index (χ3v) is 1.03. The van der Waals surface area contributed by atoms with E-state index in [9.17, 15) is 4.79 Å². The predicted octanol–water partition coefficient (Wildman–Crippen LogP) is 0.705. The molecule has 0 atom stereocenters. The average molecular weight is 172 g/mol. The fraction of sp³-hybridized carbons (Fsp3) is 0.750. The number of amidine groups is 1. The van der Waals surface area contributed by atoms with Crippen molar-refractivity contribution in [1.29, 1.82) is 0 Å². The molecule has 12 heavy (non-hydrogen) atoms. The van der Waals surface area contributed by atoms with Gasteiger partial charge in [0.1, 0.15) is 17.9 Å². The first-order valence-corrected chi connectivity index (χ1v) is 3.78. The lowest BCUT2D eigenvalue weighted by Crippen LogP contribution is -2.27. The average Bonchev–Trinajstić information content (AvgIpc) is 1.82. The molecule has 4 heteroatoms. The van der Waals surface area contributed by atoms with Crippen LogP contribution in [-0.2, 0) is 9.53 Å². The Morgan fingerprint density at radius 2 is 2.00 bits per heavy atom. The summed E-state index contributed by atoms with van der Waals surface area (Å²) in [6, 6.07) is 0. The van der Waals surface area contributed by atoms with E-state index in [0.29, 0.717) is 5.84 Å². The molecule has 0 spiro atoms. The third-order valence-electron chi connectivity index (χ3n) is 1.03. The van der Waals surface area contributed by atoms with Crippen LogP contribution in [0.25, 0.3) is 0 Å². The Bertz CT molecular complexity index is 192. The van der Waals surface area contributed by atoms with Crippen molar-refractivity contribution in [2.75, 3.05) is 7.05 Å². The molecule has 0 aliphatic heterocycles. The number of esters is 1. The second-order valence-electron chi connectivity index (χ2n) is 3.48. The summed E-state index contributed by atoms with van der Waals surface area (Å²) < 4.78 is 5.01. The summed E-state index contributed by atoms with van der Waals surface area (Å²) in [6.07, 6.45) is 0.0633. The molecule has 0 bridgehead atoms. The molecule has 0 aliphatic rings.